The van der Waals surface area contributed by atoms with Crippen molar-refractivity contribution < 1.29 is 10.0 Å². The first-order valence-corrected chi connectivity index (χ1v) is 3.04. The molecule has 6 heteroatoms. The molecule has 0 fully saturated rings. The molecule has 6 nitrogen and oxygen atoms in total. The average molecular weight is 169 g/mol. The summed E-state index contributed by atoms with van der Waals surface area (Å²) in [5.41, 5.74) is 10.1. The molecule has 1 aromatic carbocycles. The molecule has 0 aliphatic rings. The summed E-state index contributed by atoms with van der Waals surface area (Å²) < 4.78 is 0. The van der Waals surface area contributed by atoms with Crippen molar-refractivity contribution in [1.82, 2.24) is 0 Å². The van der Waals surface area contributed by atoms with E-state index in [1.165, 1.54) is 6.07 Å². The second-order valence-corrected chi connectivity index (χ2v) is 2.23. The number of anilines is 2. The van der Waals surface area contributed by atoms with Crippen LogP contribution in [-0.2, 0) is 0 Å². The van der Waals surface area contributed by atoms with Gasteiger partial charge in [0.25, 0.3) is 0 Å². The molecule has 0 amide bonds. The highest BCUT2D eigenvalue weighted by atomic mass is 16.6. The number of rotatable bonds is 1. The lowest BCUT2D eigenvalue weighted by Gasteiger charge is -2.00. The minimum atomic E-state index is -0.748. The first kappa shape index (κ1) is 8.12. The first-order chi connectivity index (χ1) is 5.52. The minimum Gasteiger partial charge on any atom is -0.501 e. The lowest BCUT2D eigenvalue weighted by Crippen LogP contribution is -1.95. The minimum absolute atomic E-state index is 0.0956. The van der Waals surface area contributed by atoms with Gasteiger partial charge in [-0.05, 0) is 6.07 Å². The number of nitro groups is 1. The second kappa shape index (κ2) is 2.57. The lowest BCUT2D eigenvalue weighted by molar-refractivity contribution is -0.385. The average Bonchev–Trinajstić information content (AvgIpc) is 1.96. The first-order valence-electron chi connectivity index (χ1n) is 3.04. The monoisotopic (exact) mass is 169 g/mol. The zero-order chi connectivity index (χ0) is 9.30. The lowest BCUT2D eigenvalue weighted by atomic mass is 10.2. The molecular formula is C6H7N3O3. The molecule has 0 atom stereocenters. The Balaban J connectivity index is 3.37. The molecule has 0 heterocycles. The van der Waals surface area contributed by atoms with E-state index in [0.29, 0.717) is 0 Å². The number of nitrogen functional groups attached to an aromatic ring is 2. The van der Waals surface area contributed by atoms with Crippen molar-refractivity contribution in [2.45, 2.75) is 0 Å². The van der Waals surface area contributed by atoms with Crippen LogP contribution < -0.4 is 11.5 Å². The fourth-order valence-corrected chi connectivity index (χ4v) is 0.803. The van der Waals surface area contributed by atoms with Crippen LogP contribution in [0.5, 0.6) is 5.75 Å². The Labute approximate surface area is 67.6 Å². The van der Waals surface area contributed by atoms with E-state index in [9.17, 15) is 10.1 Å². The van der Waals surface area contributed by atoms with Crippen molar-refractivity contribution in [3.8, 4) is 5.75 Å². The van der Waals surface area contributed by atoms with Gasteiger partial charge in [-0.15, -0.1) is 0 Å². The van der Waals surface area contributed by atoms with Gasteiger partial charge in [0.2, 0.25) is 5.75 Å². The number of aromatic hydroxyl groups is 1. The van der Waals surface area contributed by atoms with E-state index in [0.717, 1.165) is 6.07 Å². The molecular weight excluding hydrogens is 162 g/mol. The summed E-state index contributed by atoms with van der Waals surface area (Å²) in [6.07, 6.45) is 0. The van der Waals surface area contributed by atoms with Gasteiger partial charge < -0.3 is 16.6 Å². The Morgan fingerprint density at radius 3 is 2.50 bits per heavy atom. The summed E-state index contributed by atoms with van der Waals surface area (Å²) in [6, 6.07) is 2.30. The Kier molecular flexibility index (Phi) is 1.74. The van der Waals surface area contributed by atoms with E-state index in [1.807, 2.05) is 0 Å². The van der Waals surface area contributed by atoms with E-state index in [2.05, 4.69) is 0 Å². The molecule has 0 radical (unpaired) electrons. The fraction of sp³-hybridized carbons (Fsp3) is 0. The molecule has 0 aliphatic carbocycles. The van der Waals surface area contributed by atoms with Crippen LogP contribution in [0, 0.1) is 10.1 Å². The summed E-state index contributed by atoms with van der Waals surface area (Å²) in [4.78, 5) is 9.51. The fourth-order valence-electron chi connectivity index (χ4n) is 0.803. The summed E-state index contributed by atoms with van der Waals surface area (Å²) in [5.74, 6) is -0.547. The van der Waals surface area contributed by atoms with Crippen LogP contribution in [0.2, 0.25) is 0 Å². The van der Waals surface area contributed by atoms with Gasteiger partial charge in [-0.25, -0.2) is 0 Å². The van der Waals surface area contributed by atoms with Gasteiger partial charge in [-0.2, -0.15) is 0 Å². The number of phenolic OH excluding ortho intramolecular Hbond substituents is 1. The predicted molar refractivity (Wildman–Crippen MR) is 43.6 cm³/mol. The maximum absolute atomic E-state index is 10.3. The number of nitro benzene ring substituents is 1. The Bertz CT molecular complexity index is 337. The van der Waals surface area contributed by atoms with Crippen LogP contribution in [0.25, 0.3) is 0 Å². The number of hydrogen-bond acceptors (Lipinski definition) is 5. The molecule has 64 valence electrons. The van der Waals surface area contributed by atoms with Crippen molar-refractivity contribution in [1.29, 1.82) is 0 Å². The van der Waals surface area contributed by atoms with Crippen LogP contribution in [0.4, 0.5) is 17.1 Å². The predicted octanol–water partition coefficient (Wildman–Crippen LogP) is 0.465. The molecule has 0 saturated carbocycles. The maximum Gasteiger partial charge on any atom is 0.314 e. The van der Waals surface area contributed by atoms with E-state index in [4.69, 9.17) is 16.6 Å². The molecule has 0 aromatic heterocycles. The number of nitrogens with two attached hydrogens (primary N) is 2. The zero-order valence-corrected chi connectivity index (χ0v) is 6.02. The van der Waals surface area contributed by atoms with Gasteiger partial charge in [-0.3, -0.25) is 10.1 Å². The van der Waals surface area contributed by atoms with Crippen molar-refractivity contribution in [2.75, 3.05) is 11.5 Å². The van der Waals surface area contributed by atoms with Gasteiger partial charge in [0.05, 0.1) is 10.6 Å². The normalized spacial score (nSPS) is 9.67. The molecule has 0 spiro atoms. The second-order valence-electron chi connectivity index (χ2n) is 2.23. The summed E-state index contributed by atoms with van der Waals surface area (Å²) >= 11 is 0. The molecule has 12 heavy (non-hydrogen) atoms. The van der Waals surface area contributed by atoms with Crippen molar-refractivity contribution in [2.24, 2.45) is 0 Å². The molecule has 0 unspecified atom stereocenters. The molecule has 0 bridgehead atoms. The van der Waals surface area contributed by atoms with Gasteiger partial charge >= 0.3 is 5.69 Å². The van der Waals surface area contributed by atoms with Crippen LogP contribution in [-0.4, -0.2) is 10.0 Å². The van der Waals surface area contributed by atoms with Crippen molar-refractivity contribution >= 4 is 17.1 Å². The summed E-state index contributed by atoms with van der Waals surface area (Å²) in [6.45, 7) is 0. The van der Waals surface area contributed by atoms with Crippen LogP contribution in [0.1, 0.15) is 0 Å². The van der Waals surface area contributed by atoms with E-state index >= 15 is 0 Å². The summed E-state index contributed by atoms with van der Waals surface area (Å²) in [7, 11) is 0. The molecule has 5 N–H and O–H groups in total. The topological polar surface area (TPSA) is 115 Å². The van der Waals surface area contributed by atoms with Crippen LogP contribution in [0.3, 0.4) is 0 Å². The molecule has 0 saturated heterocycles. The van der Waals surface area contributed by atoms with Crippen molar-refractivity contribution in [3.05, 3.63) is 22.2 Å². The highest BCUT2D eigenvalue weighted by Crippen LogP contribution is 2.33. The standard InChI is InChI=1S/C6H7N3O3/c7-3-1-4(8)6(10)5(2-3)9(11)12/h1-2,10H,7-8H2. The quantitative estimate of drug-likeness (QED) is 0.186. The van der Waals surface area contributed by atoms with E-state index < -0.39 is 16.4 Å². The highest BCUT2D eigenvalue weighted by Gasteiger charge is 2.16. The molecule has 1 rings (SSSR count). The van der Waals surface area contributed by atoms with Gasteiger partial charge in [-0.1, -0.05) is 0 Å². The van der Waals surface area contributed by atoms with E-state index in [1.54, 1.807) is 0 Å². The van der Waals surface area contributed by atoms with Gasteiger partial charge in [0.15, 0.2) is 0 Å². The smallest absolute Gasteiger partial charge is 0.314 e. The third kappa shape index (κ3) is 1.22. The third-order valence-electron chi connectivity index (χ3n) is 1.34. The third-order valence-corrected chi connectivity index (χ3v) is 1.34. The van der Waals surface area contributed by atoms with Crippen LogP contribution >= 0.6 is 0 Å². The summed E-state index contributed by atoms with van der Waals surface area (Å²) in [5, 5.41) is 19.3. The largest absolute Gasteiger partial charge is 0.501 e. The SMILES string of the molecule is Nc1cc(N)c(O)c([N+](=O)[O-])c1. The Morgan fingerprint density at radius 2 is 2.00 bits per heavy atom. The van der Waals surface area contributed by atoms with E-state index in [-0.39, 0.29) is 11.4 Å². The van der Waals surface area contributed by atoms with Gasteiger partial charge in [0.1, 0.15) is 0 Å². The maximum atomic E-state index is 10.3. The highest BCUT2D eigenvalue weighted by molar-refractivity contribution is 5.69. The Morgan fingerprint density at radius 1 is 1.42 bits per heavy atom. The van der Waals surface area contributed by atoms with Crippen molar-refractivity contribution in [3.63, 3.8) is 0 Å². The molecule has 0 aliphatic heterocycles. The zero-order valence-electron chi connectivity index (χ0n) is 6.02. The number of phenols is 1. The number of hydrogen-bond donors (Lipinski definition) is 3. The molecule has 1 aromatic rings. The Hall–Kier alpha value is -1.98. The number of nitrogens with zero attached hydrogens (tertiary/aromatic N) is 1. The number of benzene rings is 1. The van der Waals surface area contributed by atoms with Crippen LogP contribution in [0.15, 0.2) is 12.1 Å². The van der Waals surface area contributed by atoms with Gasteiger partial charge in [0, 0.05) is 11.8 Å².